The van der Waals surface area contributed by atoms with E-state index in [-0.39, 0.29) is 237 Å². The quantitative estimate of drug-likeness (QED) is 0.176. The Morgan fingerprint density at radius 2 is 1.70 bits per heavy atom. The van der Waals surface area contributed by atoms with Crippen molar-refractivity contribution in [1.29, 1.82) is 0 Å². The van der Waals surface area contributed by atoms with E-state index in [1.165, 1.54) is 11.1 Å². The van der Waals surface area contributed by atoms with Crippen LogP contribution in [0.15, 0.2) is 18.2 Å². The molecule has 2 aliphatic rings. The van der Waals surface area contributed by atoms with Crippen molar-refractivity contribution in [3.8, 4) is 0 Å². The minimum Gasteiger partial charge on any atom is -0.464 e. The third-order valence-electron chi connectivity index (χ3n) is 11.8. The van der Waals surface area contributed by atoms with Gasteiger partial charge in [-0.2, -0.15) is 0 Å². The number of hydrogen-bond donors (Lipinski definition) is 1. The van der Waals surface area contributed by atoms with E-state index in [2.05, 4.69) is 78.9 Å². The molecule has 1 saturated heterocycles. The van der Waals surface area contributed by atoms with Crippen molar-refractivity contribution in [1.82, 2.24) is 10.2 Å². The van der Waals surface area contributed by atoms with Gasteiger partial charge in [0.05, 0.1) is 18.2 Å². The van der Waals surface area contributed by atoms with Crippen LogP contribution in [0.3, 0.4) is 0 Å². The van der Waals surface area contributed by atoms with E-state index < -0.39 is 22.7 Å². The van der Waals surface area contributed by atoms with Crippen LogP contribution in [-0.4, -0.2) is 57.8 Å². The lowest BCUT2D eigenvalue weighted by atomic mass is 9.63. The van der Waals surface area contributed by atoms with Gasteiger partial charge < -0.3 is 19.9 Å². The zero-order valence-electron chi connectivity index (χ0n) is 29.2. The molecule has 6 atom stereocenters. The molecule has 0 radical (unpaired) electrons. The summed E-state index contributed by atoms with van der Waals surface area (Å²) in [6.45, 7) is 27.7. The van der Waals surface area contributed by atoms with Gasteiger partial charge in [-0.1, -0.05) is 73.6 Å². The summed E-state index contributed by atoms with van der Waals surface area (Å²) in [6, 6.07) is 5.95. The number of aryl methyl sites for hydroxylation is 2. The van der Waals surface area contributed by atoms with Crippen LogP contribution in [-0.2, 0) is 19.1 Å². The van der Waals surface area contributed by atoms with Gasteiger partial charge in [-0.3, -0.25) is 14.9 Å². The summed E-state index contributed by atoms with van der Waals surface area (Å²) in [5.41, 5.74) is 0.675. The number of amides is 1. The first-order valence-electron chi connectivity index (χ1n) is 16.0. The lowest BCUT2D eigenvalue weighted by Crippen LogP contribution is -2.70. The van der Waals surface area contributed by atoms with E-state index in [4.69, 9.17) is 4.74 Å². The van der Waals surface area contributed by atoms with Gasteiger partial charge in [0.2, 0.25) is 5.91 Å². The van der Waals surface area contributed by atoms with Crippen LogP contribution in [0.2, 0.25) is 0 Å². The van der Waals surface area contributed by atoms with E-state index in [0.29, 0.717) is 25.9 Å². The van der Waals surface area contributed by atoms with Crippen LogP contribution in [0.4, 0.5) is 0 Å². The molecule has 1 aromatic rings. The highest BCUT2D eigenvalue weighted by Gasteiger charge is 2.69. The van der Waals surface area contributed by atoms with Gasteiger partial charge in [-0.05, 0) is 106 Å². The summed E-state index contributed by atoms with van der Waals surface area (Å²) in [7, 11) is 0. The molecule has 3 N–H and O–H groups in total. The Kier molecular flexibility index (Phi) is 10.8. The van der Waals surface area contributed by atoms with Crippen LogP contribution in [0.5, 0.6) is 0 Å². The SMILES string of the molecule is CC[C@](C)(N[C@@](C)(CC(C)c1ccc(C)c(C)c1)C(=O)OCC(C)C)C(=O)N1[C@H](C=O)C[C@@H]2CC(C)(C)C(C)(C)[C@@]21C.O.[HH].[HH].[HH].[HH].[HH].[HH].[HH].[HH].[HH].[HH].[HH].[HH].[HH].[HH].[HH].[HH].[HH].[HH].[HH].[HH].[HH].[HH].[HH].[HH].[HH].[HH].[HH].[HH].[HH].[HH].[HH].[HH].[HH].[HH].[HH].[HH].[HH].[HH].[HH].[HH].[HH].[HH].[HH].[HH].[HH].[HH].[HH].[HH].[HH].[HH].[HH].[HH].[HH].[HH].[HH].[HH].[HH].[HH].[HH].[HH].[HH].[HH].[HH].[HH].[HH].[HH].[HH].[HH].[HH].[HH].[HH].[HH].[HH].[HH].[HH].[HH].[HH].[HH].[HH].[HH].[HH].[HH].[HH].[HH].[HH].[HH].[HH].[HH].[HH].[HH].[HH].[HH].[HH].[HH].[HH].[HH].[HH].[HH].[HH].[HH].[HH].[HH].[HH].[HH].[HH].[HH].[HH].[HH].[HH].[HH].[HH].[HH].[HH].[HH].[HH].[HH].[HH].[HH].[HH].[HH].[HH].[HH].[HH].[HH].[HH].[HH].[HH].[HH].[HH].[HH].[HH].[HH].[HH].[HH]. The molecular weight excluding hydrogens is 540 g/mol. The predicted octanol–water partition coefficient (Wildman–Crippen LogP) is 39.3. The number of fused-ring (bicyclic) bond motifs is 1. The fourth-order valence-electron chi connectivity index (χ4n) is 7.85. The average molecular weight is 871 g/mol. The number of carbonyl (C=O) groups is 3. The molecule has 1 heterocycles. The van der Waals surface area contributed by atoms with Gasteiger partial charge >= 0.3 is 5.97 Å². The third kappa shape index (κ3) is 6.31. The predicted molar refractivity (Wildman–Crippen MR) is 457 cm³/mol. The largest absolute Gasteiger partial charge is 0.464 e. The lowest BCUT2D eigenvalue weighted by Gasteiger charge is -2.53. The average Bonchev–Trinajstić information content (AvgIpc) is 3.25. The third-order valence-corrected chi connectivity index (χ3v) is 11.8. The van der Waals surface area contributed by atoms with E-state index in [1.54, 1.807) is 0 Å². The van der Waals surface area contributed by atoms with E-state index in [1.807, 2.05) is 39.5 Å². The number of aldehydes is 1. The van der Waals surface area contributed by atoms with Crippen LogP contribution in [0.25, 0.3) is 0 Å². The van der Waals surface area contributed by atoms with E-state index >= 15 is 0 Å². The molecule has 7 heteroatoms. The van der Waals surface area contributed by atoms with Gasteiger partial charge in [0.15, 0.2) is 0 Å². The van der Waals surface area contributed by atoms with Crippen molar-refractivity contribution in [3.63, 3.8) is 0 Å². The fourth-order valence-corrected chi connectivity index (χ4v) is 7.85. The highest BCUT2D eigenvalue weighted by atomic mass is 16.5. The van der Waals surface area contributed by atoms with Crippen molar-refractivity contribution < 1.29 is 216 Å². The van der Waals surface area contributed by atoms with Crippen LogP contribution in [0.1, 0.15) is 316 Å². The van der Waals surface area contributed by atoms with Crippen molar-refractivity contribution in [3.05, 3.63) is 34.9 Å². The maximum Gasteiger partial charge on any atom is 0.326 e. The minimum absolute atomic E-state index is 0. The number of benzene rings is 1. The number of hydrogen-bond acceptors (Lipinski definition) is 5. The van der Waals surface area contributed by atoms with Gasteiger partial charge in [0.1, 0.15) is 11.8 Å². The van der Waals surface area contributed by atoms with Gasteiger partial charge in [-0.15, -0.1) is 0 Å². The molecule has 0 bridgehead atoms. The first kappa shape index (κ1) is 36.9. The Hall–Kier alpha value is -2.25. The van der Waals surface area contributed by atoms with Crippen molar-refractivity contribution in [2.24, 2.45) is 22.7 Å². The molecule has 7 nitrogen and oxygen atoms in total. The molecule has 1 aromatic carbocycles. The van der Waals surface area contributed by atoms with Crippen molar-refractivity contribution in [2.45, 2.75) is 144 Å². The Morgan fingerprint density at radius 3 is 2.21 bits per heavy atom. The number of likely N-dealkylation sites (tertiary alicyclic amines) is 1. The zero-order chi connectivity index (χ0) is 32.1. The smallest absolute Gasteiger partial charge is 0.326 e. The number of rotatable bonds is 11. The summed E-state index contributed by atoms with van der Waals surface area (Å²) >= 11 is 0. The minimum atomic E-state index is -1.13. The lowest BCUT2D eigenvalue weighted by molar-refractivity contribution is -0.159. The first-order valence-corrected chi connectivity index (χ1v) is 16.0. The molecule has 3 rings (SSSR count). The molecule has 1 aliphatic heterocycles. The zero-order valence-corrected chi connectivity index (χ0v) is 29.2. The van der Waals surface area contributed by atoms with Crippen LogP contribution in [0, 0.1) is 36.5 Å². The number of ether oxygens (including phenoxy) is 1. The fraction of sp³-hybridized carbons (Fsp3) is 0.750. The molecule has 1 aliphatic carbocycles. The van der Waals surface area contributed by atoms with Gasteiger partial charge in [0, 0.05) is 197 Å². The monoisotopic (exact) mass is 871 g/mol. The van der Waals surface area contributed by atoms with Gasteiger partial charge in [-0.25, -0.2) is 0 Å². The van der Waals surface area contributed by atoms with E-state index in [9.17, 15) is 14.4 Å². The summed E-state index contributed by atoms with van der Waals surface area (Å²) in [5.74, 6) is 0.00148. The van der Waals surface area contributed by atoms with Crippen molar-refractivity contribution in [2.75, 3.05) is 6.61 Å². The number of esters is 1. The normalized spacial score (nSPS) is 27.4. The maximum atomic E-state index is 14.9. The molecule has 0 spiro atoms. The molecule has 0 aromatic heterocycles. The Labute approximate surface area is 460 Å². The summed E-state index contributed by atoms with van der Waals surface area (Å²) < 4.78 is 5.85. The first-order chi connectivity index (χ1) is 19.2. The Balaban J connectivity index is -0.00000000109. The molecule has 1 saturated carbocycles. The second-order valence-corrected chi connectivity index (χ2v) is 15.8. The number of carbonyl (C=O) groups excluding carboxylic acids is 3. The highest BCUT2D eigenvalue weighted by Crippen LogP contribution is 2.66. The van der Waals surface area contributed by atoms with E-state index in [0.717, 1.165) is 18.3 Å². The topological polar surface area (TPSA) is 107 Å². The molecule has 1 unspecified atom stereocenters. The van der Waals surface area contributed by atoms with Crippen LogP contribution >= 0.6 is 0 Å². The second kappa shape index (κ2) is 12.6. The number of nitrogens with zero attached hydrogens (tertiary/aromatic N) is 1. The summed E-state index contributed by atoms with van der Waals surface area (Å²) in [6.07, 6.45) is 3.52. The standard InChI is InChI=1S/C36H58N2O4.H2O.134H2/c1-14-34(11,30(40)38-29(21-39)18-28-20-32(7,8)33(9,10)36(28,38)13)37-35(12,31(41)42-22-23(2)3)19-26(6)27-16-15-24(4)25(5)17-27;;;;;;;;;;;;;;;;;;;;;;;;;;;;;;;;;;;;;;;;;;;;;;;;;;;;;;;;;;;;;;;;;;;;;;;;;;;;;;;;;;;;;;;;;;;;;;;;;;;;;;;;;;;;;;;;;;;;;;;;;;;;;;;;;;;;;;;/h15-17,21,23,26,28-29,37H,14,18-20,22H2,1-13H3;1H2;134*1H/t26?,28-,29+,34+,35+,36-;;;;;;;;;;;;;;;;;;;;;;;;;;;;;;;;;;;;;;;;;;;;;;;;;;;;;;;;;;;;;;;;;;;;;;;;;;;;;;;;;;;;;;;;;;;;;;;;;;;;;;;;;;;;;;;;;;;;;;;;;;;;;;;;;;;;;;;/m1......................................................................................................................................./s1. The Bertz CT molecular complexity index is 1330. The molecular formula is C36H328N2O5. The summed E-state index contributed by atoms with van der Waals surface area (Å²) in [4.78, 5) is 43.2. The molecule has 512 valence electrons. The summed E-state index contributed by atoms with van der Waals surface area (Å²) in [5, 5.41) is 3.59. The highest BCUT2D eigenvalue weighted by molar-refractivity contribution is 5.91. The van der Waals surface area contributed by atoms with Crippen molar-refractivity contribution >= 4 is 18.2 Å². The molecule has 43 heavy (non-hydrogen) atoms. The van der Waals surface area contributed by atoms with Crippen LogP contribution < -0.4 is 5.32 Å². The number of nitrogens with one attached hydrogen (secondary N) is 1. The molecule has 2 fully saturated rings. The molecule has 1 amide bonds. The van der Waals surface area contributed by atoms with Gasteiger partial charge in [0.25, 0.3) is 0 Å². The maximum absolute atomic E-state index is 14.9. The Morgan fingerprint density at radius 1 is 1.09 bits per heavy atom. The second-order valence-electron chi connectivity index (χ2n) is 15.8.